The molecule has 0 radical (unpaired) electrons. The number of nitrogens with one attached hydrogen (secondary N) is 1. The second-order valence-electron chi connectivity index (χ2n) is 4.72. The zero-order valence-electron chi connectivity index (χ0n) is 11.2. The van der Waals surface area contributed by atoms with Crippen LogP contribution in [0.15, 0.2) is 18.2 Å². The van der Waals surface area contributed by atoms with Gasteiger partial charge in [0.25, 0.3) is 5.91 Å². The third-order valence-electron chi connectivity index (χ3n) is 3.50. The molecule has 19 heavy (non-hydrogen) atoms. The summed E-state index contributed by atoms with van der Waals surface area (Å²) in [5.41, 5.74) is 0.270. The van der Waals surface area contributed by atoms with Crippen LogP contribution in [0.5, 0.6) is 11.5 Å². The maximum Gasteiger partial charge on any atom is 0.255 e. The van der Waals surface area contributed by atoms with Crippen LogP contribution < -0.4 is 10.1 Å². The van der Waals surface area contributed by atoms with E-state index in [4.69, 9.17) is 4.74 Å². The van der Waals surface area contributed by atoms with Crippen LogP contribution in [-0.2, 0) is 0 Å². The first-order chi connectivity index (χ1) is 9.13. The number of methoxy groups -OCH3 is 1. The molecule has 1 aliphatic carbocycles. The van der Waals surface area contributed by atoms with Crippen molar-refractivity contribution in [3.8, 4) is 11.5 Å². The number of hydrogen-bond acceptors (Lipinski definition) is 4. The Morgan fingerprint density at radius 2 is 2.26 bits per heavy atom. The molecule has 5 heteroatoms. The van der Waals surface area contributed by atoms with Crippen LogP contribution in [0, 0.1) is 0 Å². The topological polar surface area (TPSA) is 58.6 Å². The van der Waals surface area contributed by atoms with Gasteiger partial charge in [-0.1, -0.05) is 0 Å². The molecule has 0 heterocycles. The number of benzene rings is 1. The van der Waals surface area contributed by atoms with Gasteiger partial charge >= 0.3 is 0 Å². The van der Waals surface area contributed by atoms with E-state index in [1.807, 2.05) is 11.8 Å². The SMILES string of the molecule is COc1ccc(O)c(C(=O)NC2CCC(SC)C2)c1. The number of amides is 1. The third-order valence-corrected chi connectivity index (χ3v) is 4.60. The standard InChI is InChI=1S/C14H19NO3S/c1-18-10-4-6-13(16)12(8-10)14(17)15-9-3-5-11(7-9)19-2/h4,6,8-9,11,16H,3,5,7H2,1-2H3,(H,15,17). The average molecular weight is 281 g/mol. The minimum atomic E-state index is -0.233. The lowest BCUT2D eigenvalue weighted by atomic mass is 10.1. The van der Waals surface area contributed by atoms with E-state index in [-0.39, 0.29) is 23.3 Å². The molecule has 0 saturated heterocycles. The van der Waals surface area contributed by atoms with Crippen molar-refractivity contribution in [1.29, 1.82) is 0 Å². The fraction of sp³-hybridized carbons (Fsp3) is 0.500. The number of aromatic hydroxyl groups is 1. The molecule has 4 nitrogen and oxygen atoms in total. The van der Waals surface area contributed by atoms with Crippen molar-refractivity contribution in [2.45, 2.75) is 30.6 Å². The van der Waals surface area contributed by atoms with E-state index in [1.54, 1.807) is 12.1 Å². The summed E-state index contributed by atoms with van der Waals surface area (Å²) >= 11 is 1.85. The Kier molecular flexibility index (Phi) is 4.58. The lowest BCUT2D eigenvalue weighted by Gasteiger charge is -2.14. The summed E-state index contributed by atoms with van der Waals surface area (Å²) < 4.78 is 5.07. The van der Waals surface area contributed by atoms with Crippen LogP contribution in [-0.4, -0.2) is 35.7 Å². The normalized spacial score (nSPS) is 22.2. The van der Waals surface area contributed by atoms with Gasteiger partial charge in [-0.05, 0) is 43.7 Å². The molecule has 1 amide bonds. The van der Waals surface area contributed by atoms with Crippen LogP contribution in [0.1, 0.15) is 29.6 Å². The maximum absolute atomic E-state index is 12.2. The number of thioether (sulfide) groups is 1. The molecule has 2 atom stereocenters. The van der Waals surface area contributed by atoms with Crippen LogP contribution in [0.2, 0.25) is 0 Å². The van der Waals surface area contributed by atoms with Gasteiger partial charge in [-0.15, -0.1) is 0 Å². The van der Waals surface area contributed by atoms with Crippen LogP contribution in [0.4, 0.5) is 0 Å². The summed E-state index contributed by atoms with van der Waals surface area (Å²) in [5, 5.41) is 13.4. The summed E-state index contributed by atoms with van der Waals surface area (Å²) in [6.45, 7) is 0. The van der Waals surface area contributed by atoms with E-state index < -0.39 is 0 Å². The van der Waals surface area contributed by atoms with Crippen molar-refractivity contribution in [3.05, 3.63) is 23.8 Å². The van der Waals surface area contributed by atoms with E-state index in [1.165, 1.54) is 13.2 Å². The second kappa shape index (κ2) is 6.19. The monoisotopic (exact) mass is 281 g/mol. The van der Waals surface area contributed by atoms with Gasteiger partial charge in [0.2, 0.25) is 0 Å². The van der Waals surface area contributed by atoms with Gasteiger partial charge < -0.3 is 15.2 Å². The zero-order valence-corrected chi connectivity index (χ0v) is 12.0. The fourth-order valence-corrected chi connectivity index (χ4v) is 3.17. The van der Waals surface area contributed by atoms with Crippen molar-refractivity contribution in [3.63, 3.8) is 0 Å². The van der Waals surface area contributed by atoms with Crippen LogP contribution in [0.3, 0.4) is 0 Å². The smallest absolute Gasteiger partial charge is 0.255 e. The highest BCUT2D eigenvalue weighted by Crippen LogP contribution is 2.29. The first-order valence-corrected chi connectivity index (χ1v) is 7.63. The molecule has 2 N–H and O–H groups in total. The molecular weight excluding hydrogens is 262 g/mol. The summed E-state index contributed by atoms with van der Waals surface area (Å²) in [4.78, 5) is 12.2. The fourth-order valence-electron chi connectivity index (χ4n) is 2.37. The predicted molar refractivity (Wildman–Crippen MR) is 77.1 cm³/mol. The van der Waals surface area contributed by atoms with Gasteiger partial charge in [-0.3, -0.25) is 4.79 Å². The van der Waals surface area contributed by atoms with Crippen molar-refractivity contribution >= 4 is 17.7 Å². The Balaban J connectivity index is 2.04. The maximum atomic E-state index is 12.2. The number of rotatable bonds is 4. The number of phenols is 1. The number of ether oxygens (including phenoxy) is 1. The Morgan fingerprint density at radius 1 is 1.47 bits per heavy atom. The lowest BCUT2D eigenvalue weighted by molar-refractivity contribution is 0.0935. The average Bonchev–Trinajstić information content (AvgIpc) is 2.87. The van der Waals surface area contributed by atoms with Crippen molar-refractivity contribution in [1.82, 2.24) is 5.32 Å². The third kappa shape index (κ3) is 3.35. The molecule has 104 valence electrons. The molecule has 1 saturated carbocycles. The van der Waals surface area contributed by atoms with E-state index in [9.17, 15) is 9.90 Å². The Bertz CT molecular complexity index is 464. The Labute approximate surface area is 117 Å². The zero-order chi connectivity index (χ0) is 13.8. The molecule has 1 fully saturated rings. The Morgan fingerprint density at radius 3 is 2.89 bits per heavy atom. The van der Waals surface area contributed by atoms with Gasteiger partial charge in [-0.25, -0.2) is 0 Å². The van der Waals surface area contributed by atoms with Crippen molar-refractivity contribution in [2.75, 3.05) is 13.4 Å². The highest BCUT2D eigenvalue weighted by molar-refractivity contribution is 7.99. The summed E-state index contributed by atoms with van der Waals surface area (Å²) in [6.07, 6.45) is 5.23. The van der Waals surface area contributed by atoms with Gasteiger partial charge in [0.05, 0.1) is 12.7 Å². The van der Waals surface area contributed by atoms with E-state index in [0.717, 1.165) is 19.3 Å². The van der Waals surface area contributed by atoms with E-state index in [0.29, 0.717) is 11.0 Å². The molecule has 0 bridgehead atoms. The van der Waals surface area contributed by atoms with Crippen LogP contribution in [0.25, 0.3) is 0 Å². The van der Waals surface area contributed by atoms with Crippen LogP contribution >= 0.6 is 11.8 Å². The molecule has 0 aromatic heterocycles. The molecule has 1 aromatic carbocycles. The quantitative estimate of drug-likeness (QED) is 0.890. The number of carbonyl (C=O) groups is 1. The predicted octanol–water partition coefficient (Wildman–Crippen LogP) is 2.41. The lowest BCUT2D eigenvalue weighted by Crippen LogP contribution is -2.33. The van der Waals surface area contributed by atoms with Gasteiger partial charge in [-0.2, -0.15) is 11.8 Å². The minimum Gasteiger partial charge on any atom is -0.507 e. The number of carbonyl (C=O) groups excluding carboxylic acids is 1. The van der Waals surface area contributed by atoms with Crippen molar-refractivity contribution in [2.24, 2.45) is 0 Å². The van der Waals surface area contributed by atoms with Gasteiger partial charge in [0.15, 0.2) is 0 Å². The highest BCUT2D eigenvalue weighted by atomic mass is 32.2. The number of hydrogen-bond donors (Lipinski definition) is 2. The summed E-state index contributed by atoms with van der Waals surface area (Å²) in [5.74, 6) is 0.317. The Hall–Kier alpha value is -1.36. The van der Waals surface area contributed by atoms with Gasteiger partial charge in [0, 0.05) is 11.3 Å². The first kappa shape index (κ1) is 14.1. The molecule has 1 aliphatic rings. The number of phenolic OH excluding ortho intramolecular Hbond substituents is 1. The molecule has 2 rings (SSSR count). The largest absolute Gasteiger partial charge is 0.507 e. The van der Waals surface area contributed by atoms with E-state index in [2.05, 4.69) is 11.6 Å². The highest BCUT2D eigenvalue weighted by Gasteiger charge is 2.26. The molecule has 2 unspecified atom stereocenters. The summed E-state index contributed by atoms with van der Waals surface area (Å²) in [7, 11) is 1.54. The molecule has 0 aliphatic heterocycles. The first-order valence-electron chi connectivity index (χ1n) is 6.34. The molecule has 0 spiro atoms. The van der Waals surface area contributed by atoms with Crippen molar-refractivity contribution < 1.29 is 14.6 Å². The molecular formula is C14H19NO3S. The van der Waals surface area contributed by atoms with Gasteiger partial charge in [0.1, 0.15) is 11.5 Å². The van der Waals surface area contributed by atoms with E-state index >= 15 is 0 Å². The summed E-state index contributed by atoms with van der Waals surface area (Å²) in [6, 6.07) is 4.88. The second-order valence-corrected chi connectivity index (χ2v) is 5.86. The minimum absolute atomic E-state index is 0.0160. The molecule has 1 aromatic rings.